The SMILES string of the molecule is CCCCCCOC[CH]C(C)OC1CCCCC1. The molecule has 1 aliphatic carbocycles. The summed E-state index contributed by atoms with van der Waals surface area (Å²) < 4.78 is 11.6. The molecule has 0 spiro atoms. The normalized spacial score (nSPS) is 19.0. The van der Waals surface area contributed by atoms with Crippen molar-refractivity contribution in [1.82, 2.24) is 0 Å². The first kappa shape index (κ1) is 16.0. The lowest BCUT2D eigenvalue weighted by Gasteiger charge is -2.25. The highest BCUT2D eigenvalue weighted by molar-refractivity contribution is 4.75. The standard InChI is InChI=1S/C16H31O2/c1-3-4-5-9-13-17-14-12-15(2)18-16-10-7-6-8-11-16/h12,15-16H,3-11,13-14H2,1-2H3. The minimum absolute atomic E-state index is 0.240. The van der Waals surface area contributed by atoms with E-state index in [0.717, 1.165) is 13.2 Å². The van der Waals surface area contributed by atoms with E-state index in [4.69, 9.17) is 9.47 Å². The molecule has 0 N–H and O–H groups in total. The third kappa shape index (κ3) is 8.10. The molecule has 0 bridgehead atoms. The maximum atomic E-state index is 6.00. The summed E-state index contributed by atoms with van der Waals surface area (Å²) in [6.07, 6.45) is 14.6. The van der Waals surface area contributed by atoms with E-state index in [1.54, 1.807) is 0 Å². The van der Waals surface area contributed by atoms with Gasteiger partial charge in [0.05, 0.1) is 18.8 Å². The van der Waals surface area contributed by atoms with E-state index < -0.39 is 0 Å². The van der Waals surface area contributed by atoms with Gasteiger partial charge in [0.25, 0.3) is 0 Å². The summed E-state index contributed by atoms with van der Waals surface area (Å²) in [5.74, 6) is 0. The number of ether oxygens (including phenoxy) is 2. The van der Waals surface area contributed by atoms with Crippen molar-refractivity contribution in [3.63, 3.8) is 0 Å². The molecule has 0 amide bonds. The highest BCUT2D eigenvalue weighted by Crippen LogP contribution is 2.21. The molecule has 0 aliphatic heterocycles. The van der Waals surface area contributed by atoms with Crippen LogP contribution in [-0.4, -0.2) is 25.4 Å². The zero-order chi connectivity index (χ0) is 13.1. The molecule has 1 radical (unpaired) electrons. The number of rotatable bonds is 10. The van der Waals surface area contributed by atoms with Gasteiger partial charge in [0.2, 0.25) is 0 Å². The Balaban J connectivity index is 1.88. The van der Waals surface area contributed by atoms with Crippen molar-refractivity contribution in [3.05, 3.63) is 6.42 Å². The van der Waals surface area contributed by atoms with Crippen LogP contribution in [0.3, 0.4) is 0 Å². The Bertz CT molecular complexity index is 176. The lowest BCUT2D eigenvalue weighted by atomic mass is 9.97. The van der Waals surface area contributed by atoms with E-state index in [0.29, 0.717) is 6.10 Å². The van der Waals surface area contributed by atoms with Crippen LogP contribution in [0.2, 0.25) is 0 Å². The van der Waals surface area contributed by atoms with Crippen molar-refractivity contribution in [3.8, 4) is 0 Å². The van der Waals surface area contributed by atoms with Gasteiger partial charge >= 0.3 is 0 Å². The van der Waals surface area contributed by atoms with Gasteiger partial charge in [-0.15, -0.1) is 0 Å². The van der Waals surface area contributed by atoms with E-state index in [1.807, 2.05) is 0 Å². The largest absolute Gasteiger partial charge is 0.381 e. The van der Waals surface area contributed by atoms with E-state index in [9.17, 15) is 0 Å². The molecule has 2 nitrogen and oxygen atoms in total. The van der Waals surface area contributed by atoms with Crippen LogP contribution in [0.5, 0.6) is 0 Å². The van der Waals surface area contributed by atoms with Crippen LogP contribution >= 0.6 is 0 Å². The Morgan fingerprint density at radius 2 is 1.89 bits per heavy atom. The molecule has 1 rings (SSSR count). The summed E-state index contributed by atoms with van der Waals surface area (Å²) in [7, 11) is 0. The van der Waals surface area contributed by atoms with Crippen LogP contribution in [0.25, 0.3) is 0 Å². The summed E-state index contributed by atoms with van der Waals surface area (Å²) in [5.41, 5.74) is 0. The molecule has 0 heterocycles. The second-order valence-corrected chi connectivity index (χ2v) is 5.47. The second kappa shape index (κ2) is 10.8. The van der Waals surface area contributed by atoms with Crippen molar-refractivity contribution in [1.29, 1.82) is 0 Å². The lowest BCUT2D eigenvalue weighted by Crippen LogP contribution is -2.23. The van der Waals surface area contributed by atoms with Gasteiger partial charge in [-0.2, -0.15) is 0 Å². The first-order valence-corrected chi connectivity index (χ1v) is 7.89. The molecule has 1 saturated carbocycles. The van der Waals surface area contributed by atoms with Gasteiger partial charge in [-0.3, -0.25) is 0 Å². The Morgan fingerprint density at radius 1 is 1.11 bits per heavy atom. The summed E-state index contributed by atoms with van der Waals surface area (Å²) in [6.45, 7) is 6.00. The molecule has 2 heteroatoms. The van der Waals surface area contributed by atoms with Crippen molar-refractivity contribution >= 4 is 0 Å². The molecule has 0 aromatic rings. The van der Waals surface area contributed by atoms with Gasteiger partial charge in [-0.25, -0.2) is 0 Å². The first-order chi connectivity index (χ1) is 8.83. The van der Waals surface area contributed by atoms with Gasteiger partial charge < -0.3 is 9.47 Å². The van der Waals surface area contributed by atoms with Gasteiger partial charge in [0, 0.05) is 13.0 Å². The highest BCUT2D eigenvalue weighted by Gasteiger charge is 2.16. The average molecular weight is 255 g/mol. The Hall–Kier alpha value is -0.0800. The van der Waals surface area contributed by atoms with Crippen LogP contribution in [0, 0.1) is 6.42 Å². The Labute approximate surface area is 113 Å². The quantitative estimate of drug-likeness (QED) is 0.534. The molecule has 107 valence electrons. The van der Waals surface area contributed by atoms with Gasteiger partial charge in [0.1, 0.15) is 0 Å². The maximum absolute atomic E-state index is 6.00. The molecule has 0 saturated heterocycles. The monoisotopic (exact) mass is 255 g/mol. The fraction of sp³-hybridized carbons (Fsp3) is 0.938. The molecule has 1 aliphatic rings. The lowest BCUT2D eigenvalue weighted by molar-refractivity contribution is -0.0130. The molecular formula is C16H31O2. The third-order valence-electron chi connectivity index (χ3n) is 3.65. The number of hydrogen-bond donors (Lipinski definition) is 0. The van der Waals surface area contributed by atoms with Gasteiger partial charge in [-0.1, -0.05) is 45.4 Å². The molecule has 18 heavy (non-hydrogen) atoms. The molecule has 1 atom stereocenters. The predicted molar refractivity (Wildman–Crippen MR) is 76.7 cm³/mol. The topological polar surface area (TPSA) is 18.5 Å². The average Bonchev–Trinajstić information content (AvgIpc) is 2.39. The molecule has 1 fully saturated rings. The van der Waals surface area contributed by atoms with Crippen LogP contribution in [0.15, 0.2) is 0 Å². The summed E-state index contributed by atoms with van der Waals surface area (Å²) >= 11 is 0. The van der Waals surface area contributed by atoms with E-state index in [-0.39, 0.29) is 6.10 Å². The molecule has 0 aromatic carbocycles. The zero-order valence-electron chi connectivity index (χ0n) is 12.3. The summed E-state index contributed by atoms with van der Waals surface area (Å²) in [4.78, 5) is 0. The fourth-order valence-corrected chi connectivity index (χ4v) is 2.48. The fourth-order valence-electron chi connectivity index (χ4n) is 2.48. The van der Waals surface area contributed by atoms with Crippen LogP contribution in [0.4, 0.5) is 0 Å². The minimum Gasteiger partial charge on any atom is -0.381 e. The highest BCUT2D eigenvalue weighted by atomic mass is 16.5. The zero-order valence-corrected chi connectivity index (χ0v) is 12.3. The van der Waals surface area contributed by atoms with Crippen LogP contribution in [0.1, 0.15) is 71.6 Å². The molecule has 1 unspecified atom stereocenters. The predicted octanol–water partition coefficient (Wildman–Crippen LogP) is 4.53. The van der Waals surface area contributed by atoms with E-state index in [2.05, 4.69) is 20.3 Å². The van der Waals surface area contributed by atoms with Crippen LogP contribution in [-0.2, 0) is 9.47 Å². The first-order valence-electron chi connectivity index (χ1n) is 7.89. The van der Waals surface area contributed by atoms with Crippen molar-refractivity contribution in [2.75, 3.05) is 13.2 Å². The molecular weight excluding hydrogens is 224 g/mol. The van der Waals surface area contributed by atoms with E-state index in [1.165, 1.54) is 57.8 Å². The van der Waals surface area contributed by atoms with E-state index >= 15 is 0 Å². The van der Waals surface area contributed by atoms with Crippen molar-refractivity contribution in [2.45, 2.75) is 83.8 Å². The number of hydrogen-bond acceptors (Lipinski definition) is 2. The smallest absolute Gasteiger partial charge is 0.0605 e. The molecule has 0 aromatic heterocycles. The minimum atomic E-state index is 0.240. The van der Waals surface area contributed by atoms with Gasteiger partial charge in [0.15, 0.2) is 0 Å². The van der Waals surface area contributed by atoms with Crippen molar-refractivity contribution < 1.29 is 9.47 Å². The summed E-state index contributed by atoms with van der Waals surface area (Å²) in [5, 5.41) is 0. The Morgan fingerprint density at radius 3 is 2.61 bits per heavy atom. The van der Waals surface area contributed by atoms with Crippen LogP contribution < -0.4 is 0 Å². The third-order valence-corrected chi connectivity index (χ3v) is 3.65. The summed E-state index contributed by atoms with van der Waals surface area (Å²) in [6, 6.07) is 0. The number of unbranched alkanes of at least 4 members (excludes halogenated alkanes) is 3. The maximum Gasteiger partial charge on any atom is 0.0605 e. The van der Waals surface area contributed by atoms with Gasteiger partial charge in [-0.05, 0) is 26.2 Å². The Kier molecular flexibility index (Phi) is 9.59. The second-order valence-electron chi connectivity index (χ2n) is 5.47. The van der Waals surface area contributed by atoms with Crippen molar-refractivity contribution in [2.24, 2.45) is 0 Å².